The fourth-order valence-electron chi connectivity index (χ4n) is 3.35. The summed E-state index contributed by atoms with van der Waals surface area (Å²) in [5, 5.41) is 3.01. The van der Waals surface area contributed by atoms with Gasteiger partial charge in [-0.25, -0.2) is 4.98 Å². The van der Waals surface area contributed by atoms with E-state index in [4.69, 9.17) is 0 Å². The number of hydrogen-bond donors (Lipinski definition) is 1. The molecule has 0 fully saturated rings. The molecule has 0 atom stereocenters. The molecule has 0 unspecified atom stereocenters. The van der Waals surface area contributed by atoms with E-state index in [9.17, 15) is 4.79 Å². The maximum absolute atomic E-state index is 12.6. The minimum atomic E-state index is -0.0699. The Morgan fingerprint density at radius 3 is 2.81 bits per heavy atom. The Bertz CT molecular complexity index is 931. The quantitative estimate of drug-likeness (QED) is 0.659. The molecule has 4 nitrogen and oxygen atoms in total. The van der Waals surface area contributed by atoms with Crippen molar-refractivity contribution in [3.05, 3.63) is 66.1 Å². The molecule has 0 bridgehead atoms. The van der Waals surface area contributed by atoms with Gasteiger partial charge in [0.05, 0.1) is 17.5 Å². The number of thioether (sulfide) groups is 1. The number of fused-ring (bicyclic) bond motifs is 1. The monoisotopic (exact) mass is 363 g/mol. The van der Waals surface area contributed by atoms with E-state index in [1.165, 1.54) is 12.2 Å². The fourth-order valence-corrected chi connectivity index (χ4v) is 4.15. The third-order valence-corrected chi connectivity index (χ3v) is 5.55. The summed E-state index contributed by atoms with van der Waals surface area (Å²) in [5.74, 6) is 2.04. The van der Waals surface area contributed by atoms with Crippen LogP contribution in [0.15, 0.2) is 59.6 Å². The number of benzene rings is 2. The van der Waals surface area contributed by atoms with E-state index in [1.807, 2.05) is 54.7 Å². The zero-order valence-corrected chi connectivity index (χ0v) is 15.6. The number of nitrogens with zero attached hydrogens (tertiary/aromatic N) is 2. The summed E-state index contributed by atoms with van der Waals surface area (Å²) in [6.45, 7) is 3.13. The van der Waals surface area contributed by atoms with Gasteiger partial charge in [-0.3, -0.25) is 4.79 Å². The molecule has 1 amide bonds. The number of anilines is 1. The molecule has 3 aromatic rings. The fraction of sp³-hybridized carbons (Fsp3) is 0.238. The number of imidazole rings is 1. The SMILES string of the molecule is CCSc1ccccc1C(=O)Nc1ccc(-c2cnc3n2CCC3)cc1. The van der Waals surface area contributed by atoms with Crippen LogP contribution in [0.5, 0.6) is 0 Å². The van der Waals surface area contributed by atoms with E-state index < -0.39 is 0 Å². The van der Waals surface area contributed by atoms with Crippen LogP contribution in [0, 0.1) is 0 Å². The van der Waals surface area contributed by atoms with E-state index in [0.717, 1.165) is 46.1 Å². The van der Waals surface area contributed by atoms with Crippen molar-refractivity contribution in [1.29, 1.82) is 0 Å². The highest BCUT2D eigenvalue weighted by Gasteiger charge is 2.16. The van der Waals surface area contributed by atoms with Gasteiger partial charge >= 0.3 is 0 Å². The number of carbonyl (C=O) groups excluding carboxylic acids is 1. The molecule has 0 saturated heterocycles. The molecule has 1 aromatic heterocycles. The zero-order chi connectivity index (χ0) is 17.9. The number of aromatic nitrogens is 2. The summed E-state index contributed by atoms with van der Waals surface area (Å²) in [6.07, 6.45) is 4.17. The van der Waals surface area contributed by atoms with Gasteiger partial charge in [0.25, 0.3) is 5.91 Å². The maximum atomic E-state index is 12.6. The average molecular weight is 363 g/mol. The predicted molar refractivity (Wildman–Crippen MR) is 107 cm³/mol. The van der Waals surface area contributed by atoms with Crippen LogP contribution >= 0.6 is 11.8 Å². The molecule has 1 aliphatic heterocycles. The lowest BCUT2D eigenvalue weighted by Gasteiger charge is -2.10. The summed E-state index contributed by atoms with van der Waals surface area (Å²) < 4.78 is 2.28. The highest BCUT2D eigenvalue weighted by Crippen LogP contribution is 2.27. The molecule has 5 heteroatoms. The Hall–Kier alpha value is -2.53. The summed E-state index contributed by atoms with van der Waals surface area (Å²) in [6, 6.07) is 15.7. The second-order valence-electron chi connectivity index (χ2n) is 6.28. The minimum absolute atomic E-state index is 0.0699. The molecular formula is C21H21N3OS. The highest BCUT2D eigenvalue weighted by atomic mass is 32.2. The first-order valence-corrected chi connectivity index (χ1v) is 9.93. The lowest BCUT2D eigenvalue weighted by atomic mass is 10.1. The summed E-state index contributed by atoms with van der Waals surface area (Å²) in [5.41, 5.74) is 3.80. The van der Waals surface area contributed by atoms with Crippen LogP contribution in [0.2, 0.25) is 0 Å². The number of carbonyl (C=O) groups is 1. The summed E-state index contributed by atoms with van der Waals surface area (Å²) in [4.78, 5) is 18.2. The predicted octanol–water partition coefficient (Wildman–Crippen LogP) is 4.86. The molecule has 4 rings (SSSR count). The van der Waals surface area contributed by atoms with Crippen LogP contribution in [-0.4, -0.2) is 21.2 Å². The van der Waals surface area contributed by atoms with E-state index >= 15 is 0 Å². The topological polar surface area (TPSA) is 46.9 Å². The van der Waals surface area contributed by atoms with Crippen LogP contribution in [0.25, 0.3) is 11.3 Å². The van der Waals surface area contributed by atoms with Gasteiger partial charge in [0, 0.05) is 23.5 Å². The van der Waals surface area contributed by atoms with E-state index in [1.54, 1.807) is 11.8 Å². The summed E-state index contributed by atoms with van der Waals surface area (Å²) in [7, 11) is 0. The average Bonchev–Trinajstić information content (AvgIpc) is 3.27. The molecule has 1 N–H and O–H groups in total. The lowest BCUT2D eigenvalue weighted by Crippen LogP contribution is -2.12. The van der Waals surface area contributed by atoms with Crippen molar-refractivity contribution < 1.29 is 4.79 Å². The van der Waals surface area contributed by atoms with Gasteiger partial charge in [0.1, 0.15) is 5.82 Å². The highest BCUT2D eigenvalue weighted by molar-refractivity contribution is 7.99. The normalized spacial score (nSPS) is 12.8. The van der Waals surface area contributed by atoms with Gasteiger partial charge < -0.3 is 9.88 Å². The molecule has 0 radical (unpaired) electrons. The van der Waals surface area contributed by atoms with Gasteiger partial charge in [-0.2, -0.15) is 0 Å². The van der Waals surface area contributed by atoms with Crippen LogP contribution < -0.4 is 5.32 Å². The number of hydrogen-bond acceptors (Lipinski definition) is 3. The maximum Gasteiger partial charge on any atom is 0.256 e. The first-order valence-electron chi connectivity index (χ1n) is 8.94. The van der Waals surface area contributed by atoms with E-state index in [0.29, 0.717) is 0 Å². The Labute approximate surface area is 157 Å². The van der Waals surface area contributed by atoms with E-state index in [2.05, 4.69) is 21.8 Å². The molecule has 1 aliphatic rings. The zero-order valence-electron chi connectivity index (χ0n) is 14.7. The molecule has 132 valence electrons. The van der Waals surface area contributed by atoms with Gasteiger partial charge in [-0.15, -0.1) is 11.8 Å². The van der Waals surface area contributed by atoms with Crippen LogP contribution in [0.4, 0.5) is 5.69 Å². The van der Waals surface area contributed by atoms with Crippen LogP contribution in [0.3, 0.4) is 0 Å². The minimum Gasteiger partial charge on any atom is -0.328 e. The molecule has 0 saturated carbocycles. The van der Waals surface area contributed by atoms with Gasteiger partial charge in [0.15, 0.2) is 0 Å². The third kappa shape index (κ3) is 3.27. The van der Waals surface area contributed by atoms with Gasteiger partial charge in [0.2, 0.25) is 0 Å². The van der Waals surface area contributed by atoms with Gasteiger partial charge in [-0.1, -0.05) is 31.2 Å². The number of rotatable bonds is 5. The smallest absolute Gasteiger partial charge is 0.256 e. The Kier molecular flexibility index (Phi) is 4.80. The molecule has 0 spiro atoms. The number of amides is 1. The number of nitrogens with one attached hydrogen (secondary N) is 1. The Morgan fingerprint density at radius 2 is 2.00 bits per heavy atom. The van der Waals surface area contributed by atoms with E-state index in [-0.39, 0.29) is 5.91 Å². The first kappa shape index (κ1) is 16.9. The Morgan fingerprint density at radius 1 is 1.19 bits per heavy atom. The molecule has 2 heterocycles. The van der Waals surface area contributed by atoms with Crippen molar-refractivity contribution >= 4 is 23.4 Å². The van der Waals surface area contributed by atoms with Crippen LogP contribution in [0.1, 0.15) is 29.5 Å². The van der Waals surface area contributed by atoms with Crippen molar-refractivity contribution in [1.82, 2.24) is 9.55 Å². The van der Waals surface area contributed by atoms with Gasteiger partial charge in [-0.05, 0) is 42.0 Å². The van der Waals surface area contributed by atoms with Crippen LogP contribution in [-0.2, 0) is 13.0 Å². The second kappa shape index (κ2) is 7.38. The molecule has 0 aliphatic carbocycles. The summed E-state index contributed by atoms with van der Waals surface area (Å²) >= 11 is 1.68. The third-order valence-electron chi connectivity index (χ3n) is 4.59. The van der Waals surface area contributed by atoms with Crippen molar-refractivity contribution in [3.8, 4) is 11.3 Å². The molecule has 2 aromatic carbocycles. The lowest BCUT2D eigenvalue weighted by molar-refractivity contribution is 0.102. The number of aryl methyl sites for hydroxylation is 1. The molecule has 26 heavy (non-hydrogen) atoms. The van der Waals surface area contributed by atoms with Crippen molar-refractivity contribution in [2.75, 3.05) is 11.1 Å². The first-order chi connectivity index (χ1) is 12.8. The standard InChI is InChI=1S/C21H21N3OS/c1-2-26-19-7-4-3-6-17(19)21(25)23-16-11-9-15(10-12-16)18-14-22-20-8-5-13-24(18)20/h3-4,6-7,9-12,14H,2,5,8,13H2,1H3,(H,23,25). The Balaban J connectivity index is 1.52. The van der Waals surface area contributed by atoms with Crippen molar-refractivity contribution in [2.45, 2.75) is 31.2 Å². The second-order valence-corrected chi connectivity index (χ2v) is 7.58. The van der Waals surface area contributed by atoms with Crippen molar-refractivity contribution in [2.24, 2.45) is 0 Å². The molecular weight excluding hydrogens is 342 g/mol. The van der Waals surface area contributed by atoms with Crippen molar-refractivity contribution in [3.63, 3.8) is 0 Å². The largest absolute Gasteiger partial charge is 0.328 e.